The number of nitrogens with one attached hydrogen (secondary N) is 2. The molecule has 1 aliphatic heterocycles. The first kappa shape index (κ1) is 24.7. The molecule has 8 heteroatoms. The number of hydrogen-bond donors (Lipinski definition) is 4. The monoisotopic (exact) mass is 478 g/mol. The third-order valence-electron chi connectivity index (χ3n) is 6.79. The molecule has 4 bridgehead atoms. The van der Waals surface area contributed by atoms with Crippen molar-refractivity contribution in [2.45, 2.75) is 44.6 Å². The Morgan fingerprint density at radius 3 is 2.51 bits per heavy atom. The van der Waals surface area contributed by atoms with Crippen LogP contribution in [0.1, 0.15) is 48.0 Å². The van der Waals surface area contributed by atoms with E-state index in [0.29, 0.717) is 75.8 Å². The molecule has 0 atom stereocenters. The van der Waals surface area contributed by atoms with E-state index in [1.54, 1.807) is 24.3 Å². The Balaban J connectivity index is 1.50. The molecule has 1 saturated carbocycles. The molecule has 1 heterocycles. The molecule has 0 saturated heterocycles. The van der Waals surface area contributed by atoms with Crippen LogP contribution in [0.2, 0.25) is 0 Å². The van der Waals surface area contributed by atoms with Gasteiger partial charge in [-0.15, -0.1) is 0 Å². The number of fused-ring (bicyclic) bond motifs is 5. The van der Waals surface area contributed by atoms with Gasteiger partial charge in [0.25, 0.3) is 5.91 Å². The summed E-state index contributed by atoms with van der Waals surface area (Å²) in [5, 5.41) is 16.3. The van der Waals surface area contributed by atoms with Crippen molar-refractivity contribution in [2.24, 2.45) is 11.7 Å². The first-order chi connectivity index (χ1) is 16.9. The fourth-order valence-corrected chi connectivity index (χ4v) is 4.69. The van der Waals surface area contributed by atoms with Crippen molar-refractivity contribution in [1.82, 2.24) is 15.5 Å². The van der Waals surface area contributed by atoms with Crippen LogP contribution in [0.15, 0.2) is 42.5 Å². The van der Waals surface area contributed by atoms with E-state index < -0.39 is 0 Å². The first-order valence-corrected chi connectivity index (χ1v) is 12.4. The Morgan fingerprint density at radius 1 is 0.943 bits per heavy atom. The molecule has 2 aliphatic rings. The van der Waals surface area contributed by atoms with Crippen molar-refractivity contribution in [3.63, 3.8) is 0 Å². The summed E-state index contributed by atoms with van der Waals surface area (Å²) in [6, 6.07) is 12.6. The van der Waals surface area contributed by atoms with Crippen molar-refractivity contribution in [1.29, 1.82) is 0 Å². The van der Waals surface area contributed by atoms with Crippen LogP contribution in [0, 0.1) is 5.92 Å². The Bertz CT molecular complexity index is 1080. The number of nitrogens with zero attached hydrogens (tertiary/aromatic N) is 1. The second-order valence-corrected chi connectivity index (χ2v) is 9.50. The van der Waals surface area contributed by atoms with Crippen LogP contribution in [0.3, 0.4) is 0 Å². The van der Waals surface area contributed by atoms with E-state index in [1.165, 1.54) is 0 Å². The zero-order valence-corrected chi connectivity index (χ0v) is 20.0. The number of rotatable bonds is 1. The van der Waals surface area contributed by atoms with E-state index in [-0.39, 0.29) is 35.4 Å². The highest BCUT2D eigenvalue weighted by Gasteiger charge is 2.34. The molecule has 1 fully saturated rings. The summed E-state index contributed by atoms with van der Waals surface area (Å²) in [7, 11) is 0. The third-order valence-corrected chi connectivity index (χ3v) is 6.79. The molecular formula is C27H34N4O4. The average molecular weight is 479 g/mol. The number of phenolic OH excluding ortho intramolecular Hbond substituents is 1. The van der Waals surface area contributed by atoms with Gasteiger partial charge in [-0.25, -0.2) is 0 Å². The molecule has 5 N–H and O–H groups in total. The predicted molar refractivity (Wildman–Crippen MR) is 134 cm³/mol. The van der Waals surface area contributed by atoms with Gasteiger partial charge in [-0.1, -0.05) is 18.2 Å². The van der Waals surface area contributed by atoms with E-state index >= 15 is 0 Å². The smallest absolute Gasteiger partial charge is 0.251 e. The minimum Gasteiger partial charge on any atom is -0.507 e. The molecule has 35 heavy (non-hydrogen) atoms. The highest BCUT2D eigenvalue weighted by Crippen LogP contribution is 2.31. The molecule has 0 aromatic heterocycles. The summed E-state index contributed by atoms with van der Waals surface area (Å²) in [6.07, 6.45) is 3.57. The van der Waals surface area contributed by atoms with Gasteiger partial charge >= 0.3 is 0 Å². The van der Waals surface area contributed by atoms with Crippen LogP contribution in [0.4, 0.5) is 0 Å². The van der Waals surface area contributed by atoms with Crippen molar-refractivity contribution >= 4 is 17.7 Å². The third kappa shape index (κ3) is 6.39. The molecule has 2 aromatic carbocycles. The number of carbonyl (C=O) groups is 3. The number of amides is 3. The molecule has 186 valence electrons. The SMILES string of the molecule is NC1CC(C(=O)N2CCCNC(=O)c3cccc(c3)-c3cc(ccc3O)CCNC(=O)CCC2)C1. The van der Waals surface area contributed by atoms with Crippen LogP contribution < -0.4 is 16.4 Å². The van der Waals surface area contributed by atoms with E-state index in [0.717, 1.165) is 11.1 Å². The van der Waals surface area contributed by atoms with Crippen LogP contribution in [-0.2, 0) is 16.0 Å². The van der Waals surface area contributed by atoms with Crippen LogP contribution in [-0.4, -0.2) is 59.9 Å². The average Bonchev–Trinajstić information content (AvgIpc) is 2.83. The lowest BCUT2D eigenvalue weighted by atomic mass is 9.80. The van der Waals surface area contributed by atoms with Crippen LogP contribution >= 0.6 is 0 Å². The minimum absolute atomic E-state index is 0.0378. The van der Waals surface area contributed by atoms with Crippen LogP contribution in [0.5, 0.6) is 5.75 Å². The summed E-state index contributed by atoms with van der Waals surface area (Å²) in [5.41, 5.74) is 8.75. The largest absolute Gasteiger partial charge is 0.507 e. The van der Waals surface area contributed by atoms with Crippen molar-refractivity contribution < 1.29 is 19.5 Å². The van der Waals surface area contributed by atoms with Crippen LogP contribution in [0.25, 0.3) is 11.1 Å². The topological polar surface area (TPSA) is 125 Å². The quantitative estimate of drug-likeness (QED) is 0.500. The second-order valence-electron chi connectivity index (χ2n) is 9.50. The van der Waals surface area contributed by atoms with Crippen molar-refractivity contribution in [3.8, 4) is 16.9 Å². The van der Waals surface area contributed by atoms with Gasteiger partial charge in [0.2, 0.25) is 11.8 Å². The zero-order chi connectivity index (χ0) is 24.8. The lowest BCUT2D eigenvalue weighted by Gasteiger charge is -2.35. The Kier molecular flexibility index (Phi) is 8.02. The maximum absolute atomic E-state index is 12.9. The van der Waals surface area contributed by atoms with Gasteiger partial charge in [-0.05, 0) is 67.5 Å². The fourth-order valence-electron chi connectivity index (χ4n) is 4.69. The molecule has 2 aromatic rings. The molecule has 0 radical (unpaired) electrons. The summed E-state index contributed by atoms with van der Waals surface area (Å²) >= 11 is 0. The summed E-state index contributed by atoms with van der Waals surface area (Å²) in [4.78, 5) is 39.9. The maximum Gasteiger partial charge on any atom is 0.251 e. The minimum atomic E-state index is -0.196. The predicted octanol–water partition coefficient (Wildman–Crippen LogP) is 2.20. The zero-order valence-electron chi connectivity index (χ0n) is 20.0. The normalized spacial score (nSPS) is 22.0. The summed E-state index contributed by atoms with van der Waals surface area (Å²) in [5.74, 6) is -0.0447. The van der Waals surface area contributed by atoms with Crippen molar-refractivity contribution in [2.75, 3.05) is 26.2 Å². The molecular weight excluding hydrogens is 444 g/mol. The van der Waals surface area contributed by atoms with E-state index in [4.69, 9.17) is 5.73 Å². The standard InChI is InChI=1S/C27H34N4O4/c28-22-16-21(17-22)27(35)31-12-2-6-25(33)29-11-9-18-7-8-24(32)23(14-18)19-4-1-5-20(15-19)26(34)30-10-3-13-31/h1,4-5,7-8,14-15,21-22,32H,2-3,6,9-13,16-17,28H2,(H,29,33)(H,30,34). The van der Waals surface area contributed by atoms with Gasteiger partial charge in [0.15, 0.2) is 0 Å². The number of nitrogens with two attached hydrogens (primary N) is 1. The molecule has 4 rings (SSSR count). The van der Waals surface area contributed by atoms with E-state index in [1.807, 2.05) is 23.1 Å². The van der Waals surface area contributed by atoms with Gasteiger partial charge in [0.05, 0.1) is 0 Å². The van der Waals surface area contributed by atoms with Gasteiger partial charge < -0.3 is 26.4 Å². The summed E-state index contributed by atoms with van der Waals surface area (Å²) in [6.45, 7) is 1.94. The Morgan fingerprint density at radius 2 is 1.71 bits per heavy atom. The van der Waals surface area contributed by atoms with Gasteiger partial charge in [-0.3, -0.25) is 14.4 Å². The van der Waals surface area contributed by atoms with Gasteiger partial charge in [0, 0.05) is 55.7 Å². The number of benzene rings is 2. The number of aromatic hydroxyl groups is 1. The van der Waals surface area contributed by atoms with Crippen molar-refractivity contribution in [3.05, 3.63) is 53.6 Å². The highest BCUT2D eigenvalue weighted by atomic mass is 16.3. The Labute approximate surface area is 205 Å². The van der Waals surface area contributed by atoms with E-state index in [9.17, 15) is 19.5 Å². The lowest BCUT2D eigenvalue weighted by Crippen LogP contribution is -2.47. The Hall–Kier alpha value is -3.39. The number of carbonyl (C=O) groups excluding carboxylic acids is 3. The van der Waals surface area contributed by atoms with Gasteiger partial charge in [-0.2, -0.15) is 0 Å². The summed E-state index contributed by atoms with van der Waals surface area (Å²) < 4.78 is 0. The number of hydrogen-bond acceptors (Lipinski definition) is 5. The molecule has 0 spiro atoms. The van der Waals surface area contributed by atoms with Gasteiger partial charge in [0.1, 0.15) is 5.75 Å². The maximum atomic E-state index is 12.9. The molecule has 8 nitrogen and oxygen atoms in total. The first-order valence-electron chi connectivity index (χ1n) is 12.4. The van der Waals surface area contributed by atoms with E-state index in [2.05, 4.69) is 10.6 Å². The molecule has 1 aliphatic carbocycles. The second kappa shape index (κ2) is 11.4. The molecule has 0 unspecified atom stereocenters. The lowest BCUT2D eigenvalue weighted by molar-refractivity contribution is -0.139. The fraction of sp³-hybridized carbons (Fsp3) is 0.444. The molecule has 3 amide bonds. The number of phenols is 1. The highest BCUT2D eigenvalue weighted by molar-refractivity contribution is 5.95.